The molecule has 1 N–H and O–H groups in total. The van der Waals surface area contributed by atoms with Crippen LogP contribution in [-0.4, -0.2) is 0 Å². The number of hydrogen-bond donors (Lipinski definition) is 1. The summed E-state index contributed by atoms with van der Waals surface area (Å²) in [6.07, 6.45) is 0. The summed E-state index contributed by atoms with van der Waals surface area (Å²) in [7, 11) is 0. The van der Waals surface area contributed by atoms with Crippen molar-refractivity contribution in [2.24, 2.45) is 0 Å². The lowest BCUT2D eigenvalue weighted by Gasteiger charge is -2.18. The Morgan fingerprint density at radius 3 is 2.22 bits per heavy atom. The Hall–Kier alpha value is -0.890. The van der Waals surface area contributed by atoms with Crippen LogP contribution in [0, 0.1) is 0 Å². The summed E-state index contributed by atoms with van der Waals surface area (Å²) >= 11 is 18.2. The highest BCUT2D eigenvalue weighted by atomic mass is 35.5. The second-order valence-corrected chi connectivity index (χ2v) is 5.16. The molecule has 2 rings (SSSR count). The zero-order valence-electron chi connectivity index (χ0n) is 9.75. The molecule has 0 saturated carbocycles. The van der Waals surface area contributed by atoms with Crippen LogP contribution in [0.25, 0.3) is 0 Å². The summed E-state index contributed by atoms with van der Waals surface area (Å²) in [6.45, 7) is 2.03. The highest BCUT2D eigenvalue weighted by Gasteiger charge is 2.14. The lowest BCUT2D eigenvalue weighted by molar-refractivity contribution is 0.885. The van der Waals surface area contributed by atoms with Gasteiger partial charge in [-0.25, -0.2) is 0 Å². The van der Waals surface area contributed by atoms with Crippen LogP contribution >= 0.6 is 34.8 Å². The molecule has 0 saturated heterocycles. The highest BCUT2D eigenvalue weighted by molar-refractivity contribution is 6.48. The fourth-order valence-electron chi connectivity index (χ4n) is 1.74. The average molecular weight is 301 g/mol. The maximum atomic E-state index is 6.20. The smallest absolute Gasteiger partial charge is 0.0782 e. The molecule has 0 aliphatic carbocycles. The molecule has 1 atom stereocenters. The van der Waals surface area contributed by atoms with E-state index in [1.54, 1.807) is 6.07 Å². The number of rotatable bonds is 3. The van der Waals surface area contributed by atoms with Gasteiger partial charge in [0.1, 0.15) is 0 Å². The second kappa shape index (κ2) is 5.83. The molecular formula is C14H12Cl3N. The number of nitrogens with one attached hydrogen (secondary N) is 1. The summed E-state index contributed by atoms with van der Waals surface area (Å²) < 4.78 is 0. The largest absolute Gasteiger partial charge is 0.378 e. The maximum Gasteiger partial charge on any atom is 0.0782 e. The molecule has 0 amide bonds. The fourth-order valence-corrected chi connectivity index (χ4v) is 2.44. The van der Waals surface area contributed by atoms with Gasteiger partial charge in [0.25, 0.3) is 0 Å². The molecule has 1 nitrogen and oxygen atoms in total. The molecule has 94 valence electrons. The molecule has 0 bridgehead atoms. The van der Waals surface area contributed by atoms with E-state index < -0.39 is 0 Å². The summed E-state index contributed by atoms with van der Waals surface area (Å²) in [5.74, 6) is 0. The van der Waals surface area contributed by atoms with Gasteiger partial charge in [-0.15, -0.1) is 0 Å². The zero-order valence-corrected chi connectivity index (χ0v) is 12.0. The van der Waals surface area contributed by atoms with Crippen LogP contribution in [0.2, 0.25) is 15.1 Å². The van der Waals surface area contributed by atoms with E-state index in [1.807, 2.05) is 43.3 Å². The third kappa shape index (κ3) is 2.92. The number of benzene rings is 2. The highest BCUT2D eigenvalue weighted by Crippen LogP contribution is 2.36. The van der Waals surface area contributed by atoms with Gasteiger partial charge >= 0.3 is 0 Å². The van der Waals surface area contributed by atoms with Crippen molar-refractivity contribution in [1.82, 2.24) is 0 Å². The van der Waals surface area contributed by atoms with Gasteiger partial charge in [0.2, 0.25) is 0 Å². The summed E-state index contributed by atoms with van der Waals surface area (Å²) in [5.41, 5.74) is 1.96. The van der Waals surface area contributed by atoms with Gasteiger partial charge in [-0.05, 0) is 30.7 Å². The van der Waals surface area contributed by atoms with Crippen LogP contribution < -0.4 is 5.32 Å². The van der Waals surface area contributed by atoms with Gasteiger partial charge in [0.15, 0.2) is 0 Å². The van der Waals surface area contributed by atoms with Crippen molar-refractivity contribution < 1.29 is 0 Å². The number of anilines is 1. The SMILES string of the molecule is CC(Nc1ccccc1)c1ccc(Cl)c(Cl)c1Cl. The fraction of sp³-hybridized carbons (Fsp3) is 0.143. The second-order valence-electron chi connectivity index (χ2n) is 4.00. The quantitative estimate of drug-likeness (QED) is 0.704. The van der Waals surface area contributed by atoms with Gasteiger partial charge in [-0.3, -0.25) is 0 Å². The van der Waals surface area contributed by atoms with E-state index in [-0.39, 0.29) is 6.04 Å². The third-order valence-corrected chi connectivity index (χ3v) is 4.00. The Balaban J connectivity index is 2.24. The minimum atomic E-state index is 0.0506. The molecule has 4 heteroatoms. The Morgan fingerprint density at radius 2 is 1.56 bits per heavy atom. The average Bonchev–Trinajstić information content (AvgIpc) is 2.37. The van der Waals surface area contributed by atoms with Crippen LogP contribution in [0.1, 0.15) is 18.5 Å². The van der Waals surface area contributed by atoms with Gasteiger partial charge in [0, 0.05) is 5.69 Å². The molecule has 0 spiro atoms. The van der Waals surface area contributed by atoms with E-state index in [9.17, 15) is 0 Å². The van der Waals surface area contributed by atoms with Gasteiger partial charge in [-0.1, -0.05) is 59.1 Å². The van der Waals surface area contributed by atoms with Gasteiger partial charge in [0.05, 0.1) is 21.1 Å². The van der Waals surface area contributed by atoms with E-state index >= 15 is 0 Å². The Labute approximate surface area is 122 Å². The van der Waals surface area contributed by atoms with Crippen molar-refractivity contribution in [1.29, 1.82) is 0 Å². The Morgan fingerprint density at radius 1 is 0.889 bits per heavy atom. The van der Waals surface area contributed by atoms with Crippen molar-refractivity contribution >= 4 is 40.5 Å². The van der Waals surface area contributed by atoms with Crippen LogP contribution in [0.4, 0.5) is 5.69 Å². The lowest BCUT2D eigenvalue weighted by Crippen LogP contribution is -2.07. The van der Waals surface area contributed by atoms with Gasteiger partial charge < -0.3 is 5.32 Å². The van der Waals surface area contributed by atoms with Crippen molar-refractivity contribution in [2.45, 2.75) is 13.0 Å². The predicted octanol–water partition coefficient (Wildman–Crippen LogP) is 5.82. The molecule has 0 fully saturated rings. The number of hydrogen-bond acceptors (Lipinski definition) is 1. The van der Waals surface area contributed by atoms with Crippen molar-refractivity contribution in [3.8, 4) is 0 Å². The maximum absolute atomic E-state index is 6.20. The standard InChI is InChI=1S/C14H12Cl3N/c1-9(18-10-5-3-2-4-6-10)11-7-8-12(15)14(17)13(11)16/h2-9,18H,1H3. The molecule has 18 heavy (non-hydrogen) atoms. The first-order valence-corrected chi connectivity index (χ1v) is 6.68. The summed E-state index contributed by atoms with van der Waals surface area (Å²) in [5, 5.41) is 4.73. The predicted molar refractivity (Wildman–Crippen MR) is 80.0 cm³/mol. The molecule has 0 aliphatic rings. The minimum Gasteiger partial charge on any atom is -0.378 e. The van der Waals surface area contributed by atoms with Crippen LogP contribution in [0.3, 0.4) is 0 Å². The molecule has 2 aromatic rings. The molecule has 0 heterocycles. The molecule has 1 unspecified atom stereocenters. The monoisotopic (exact) mass is 299 g/mol. The first-order valence-electron chi connectivity index (χ1n) is 5.54. The van der Waals surface area contributed by atoms with E-state index in [4.69, 9.17) is 34.8 Å². The summed E-state index contributed by atoms with van der Waals surface area (Å²) in [4.78, 5) is 0. The van der Waals surface area contributed by atoms with Crippen molar-refractivity contribution in [2.75, 3.05) is 5.32 Å². The van der Waals surface area contributed by atoms with E-state index in [0.29, 0.717) is 15.1 Å². The van der Waals surface area contributed by atoms with Crippen molar-refractivity contribution in [3.63, 3.8) is 0 Å². The van der Waals surface area contributed by atoms with Crippen LogP contribution in [0.5, 0.6) is 0 Å². The molecule has 0 aliphatic heterocycles. The number of para-hydroxylation sites is 1. The molecular weight excluding hydrogens is 289 g/mol. The van der Waals surface area contributed by atoms with Crippen LogP contribution in [0.15, 0.2) is 42.5 Å². The Bertz CT molecular complexity index is 540. The van der Waals surface area contributed by atoms with E-state index in [0.717, 1.165) is 11.3 Å². The molecule has 0 radical (unpaired) electrons. The third-order valence-electron chi connectivity index (χ3n) is 2.69. The van der Waals surface area contributed by atoms with Gasteiger partial charge in [-0.2, -0.15) is 0 Å². The minimum absolute atomic E-state index is 0.0506. The summed E-state index contributed by atoms with van der Waals surface area (Å²) in [6, 6.07) is 13.6. The number of halogens is 3. The molecule has 0 aromatic heterocycles. The first-order chi connectivity index (χ1) is 8.59. The van der Waals surface area contributed by atoms with Crippen LogP contribution in [-0.2, 0) is 0 Å². The zero-order chi connectivity index (χ0) is 13.1. The lowest BCUT2D eigenvalue weighted by atomic mass is 10.1. The Kier molecular flexibility index (Phi) is 4.39. The van der Waals surface area contributed by atoms with Crippen molar-refractivity contribution in [3.05, 3.63) is 63.1 Å². The first kappa shape index (κ1) is 13.5. The van der Waals surface area contributed by atoms with E-state index in [1.165, 1.54) is 0 Å². The topological polar surface area (TPSA) is 12.0 Å². The molecule has 2 aromatic carbocycles. The normalized spacial score (nSPS) is 12.2. The van der Waals surface area contributed by atoms with E-state index in [2.05, 4.69) is 5.32 Å².